The first-order chi connectivity index (χ1) is 10.8. The third-order valence-electron chi connectivity index (χ3n) is 3.89. The summed E-state index contributed by atoms with van der Waals surface area (Å²) in [5.74, 6) is 0.899. The maximum atomic E-state index is 9.05. The molecule has 0 amide bonds. The minimum absolute atomic E-state index is 0.00640. The van der Waals surface area contributed by atoms with Crippen LogP contribution < -0.4 is 4.74 Å². The highest BCUT2D eigenvalue weighted by Gasteiger charge is 2.20. The summed E-state index contributed by atoms with van der Waals surface area (Å²) in [4.78, 5) is 5.13. The van der Waals surface area contributed by atoms with Crippen molar-refractivity contribution in [1.82, 2.24) is 0 Å². The normalized spacial score (nSPS) is 17.2. The smallest absolute Gasteiger partial charge is 0.156 e. The number of aliphatic hydroxyl groups excluding tert-OH is 1. The molecule has 1 N–H and O–H groups in total. The van der Waals surface area contributed by atoms with Crippen molar-refractivity contribution >= 4 is 5.71 Å². The van der Waals surface area contributed by atoms with Crippen LogP contribution in [0.4, 0.5) is 0 Å². The lowest BCUT2D eigenvalue weighted by atomic mass is 10.1. The standard InChI is InChI=1S/C18H27NO3/c1-2-3-4-5-6-7-12-21-16-10-8-15(9-11-16)18-13-17(14-20)22-19-18/h8-11,17,20H,2-7,12-14H2,1H3. The molecule has 22 heavy (non-hydrogen) atoms. The molecule has 0 saturated carbocycles. The van der Waals surface area contributed by atoms with Gasteiger partial charge in [0.05, 0.1) is 18.9 Å². The van der Waals surface area contributed by atoms with E-state index in [9.17, 15) is 0 Å². The molecule has 1 aromatic carbocycles. The first-order valence-corrected chi connectivity index (χ1v) is 8.40. The Morgan fingerprint density at radius 2 is 1.86 bits per heavy atom. The number of hydrogen-bond donors (Lipinski definition) is 1. The maximum Gasteiger partial charge on any atom is 0.156 e. The number of rotatable bonds is 10. The molecule has 1 heterocycles. The fourth-order valence-corrected chi connectivity index (χ4v) is 2.51. The summed E-state index contributed by atoms with van der Waals surface area (Å²) in [6.07, 6.45) is 8.10. The van der Waals surface area contributed by atoms with Crippen molar-refractivity contribution in [2.45, 2.75) is 58.0 Å². The second-order valence-electron chi connectivity index (χ2n) is 5.79. The van der Waals surface area contributed by atoms with Crippen LogP contribution in [0, 0.1) is 0 Å². The summed E-state index contributed by atoms with van der Waals surface area (Å²) in [5, 5.41) is 13.1. The summed E-state index contributed by atoms with van der Waals surface area (Å²) in [5.41, 5.74) is 1.92. The Morgan fingerprint density at radius 1 is 1.14 bits per heavy atom. The molecule has 0 bridgehead atoms. The summed E-state index contributed by atoms with van der Waals surface area (Å²) in [6, 6.07) is 7.94. The number of ether oxygens (including phenoxy) is 1. The van der Waals surface area contributed by atoms with E-state index < -0.39 is 0 Å². The molecule has 0 saturated heterocycles. The third kappa shape index (κ3) is 5.34. The van der Waals surface area contributed by atoms with Gasteiger partial charge in [0.2, 0.25) is 0 Å². The molecule has 0 fully saturated rings. The Bertz CT molecular complexity index is 456. The van der Waals surface area contributed by atoms with Crippen LogP contribution in [-0.2, 0) is 4.84 Å². The van der Waals surface area contributed by atoms with Crippen molar-refractivity contribution in [3.63, 3.8) is 0 Å². The van der Waals surface area contributed by atoms with E-state index >= 15 is 0 Å². The molecule has 0 aromatic heterocycles. The van der Waals surface area contributed by atoms with Crippen LogP contribution in [0.5, 0.6) is 5.75 Å². The second-order valence-corrected chi connectivity index (χ2v) is 5.79. The van der Waals surface area contributed by atoms with Gasteiger partial charge in [0.15, 0.2) is 6.10 Å². The van der Waals surface area contributed by atoms with Crippen LogP contribution in [0.15, 0.2) is 29.4 Å². The molecule has 0 spiro atoms. The van der Waals surface area contributed by atoms with Crippen molar-refractivity contribution in [1.29, 1.82) is 0 Å². The second kappa shape index (κ2) is 9.46. The van der Waals surface area contributed by atoms with Gasteiger partial charge in [-0.25, -0.2) is 0 Å². The Morgan fingerprint density at radius 3 is 2.55 bits per heavy atom. The van der Waals surface area contributed by atoms with E-state index in [0.29, 0.717) is 6.42 Å². The van der Waals surface area contributed by atoms with E-state index in [1.807, 2.05) is 24.3 Å². The summed E-state index contributed by atoms with van der Waals surface area (Å²) >= 11 is 0. The SMILES string of the molecule is CCCCCCCCOc1ccc(C2=NOC(CO)C2)cc1. The number of hydrogen-bond acceptors (Lipinski definition) is 4. The van der Waals surface area contributed by atoms with Crippen LogP contribution in [0.2, 0.25) is 0 Å². The number of oxime groups is 1. The van der Waals surface area contributed by atoms with E-state index in [-0.39, 0.29) is 12.7 Å². The molecule has 4 nitrogen and oxygen atoms in total. The van der Waals surface area contributed by atoms with Crippen molar-refractivity contribution in [2.75, 3.05) is 13.2 Å². The molecular formula is C18H27NO3. The first-order valence-electron chi connectivity index (χ1n) is 8.40. The molecule has 1 atom stereocenters. The van der Waals surface area contributed by atoms with Gasteiger partial charge in [-0.3, -0.25) is 0 Å². The molecule has 0 radical (unpaired) electrons. The zero-order valence-electron chi connectivity index (χ0n) is 13.5. The molecule has 1 aliphatic heterocycles. The predicted molar refractivity (Wildman–Crippen MR) is 88.4 cm³/mol. The Balaban J connectivity index is 1.67. The number of aliphatic hydroxyl groups is 1. The minimum Gasteiger partial charge on any atom is -0.494 e. The Kier molecular flexibility index (Phi) is 7.23. The van der Waals surface area contributed by atoms with Crippen LogP contribution in [0.25, 0.3) is 0 Å². The number of benzene rings is 1. The molecule has 4 heteroatoms. The summed E-state index contributed by atoms with van der Waals surface area (Å²) < 4.78 is 5.76. The van der Waals surface area contributed by atoms with Gasteiger partial charge in [0.25, 0.3) is 0 Å². The van der Waals surface area contributed by atoms with Crippen molar-refractivity contribution in [3.8, 4) is 5.75 Å². The molecule has 2 rings (SSSR count). The van der Waals surface area contributed by atoms with Gasteiger partial charge in [-0.1, -0.05) is 44.2 Å². The summed E-state index contributed by atoms with van der Waals surface area (Å²) in [6.45, 7) is 3.02. The zero-order valence-corrected chi connectivity index (χ0v) is 13.5. The van der Waals surface area contributed by atoms with E-state index in [1.165, 1.54) is 32.1 Å². The molecule has 1 unspecified atom stereocenters. The fraction of sp³-hybridized carbons (Fsp3) is 0.611. The highest BCUT2D eigenvalue weighted by atomic mass is 16.6. The highest BCUT2D eigenvalue weighted by molar-refractivity contribution is 6.01. The molecule has 1 aliphatic rings. The largest absolute Gasteiger partial charge is 0.494 e. The van der Waals surface area contributed by atoms with Gasteiger partial charge >= 0.3 is 0 Å². The Hall–Kier alpha value is -1.55. The van der Waals surface area contributed by atoms with Gasteiger partial charge in [0.1, 0.15) is 5.75 Å². The average Bonchev–Trinajstić information content (AvgIpc) is 3.04. The van der Waals surface area contributed by atoms with Crippen LogP contribution in [0.1, 0.15) is 57.4 Å². The zero-order chi connectivity index (χ0) is 15.6. The van der Waals surface area contributed by atoms with Crippen molar-refractivity contribution < 1.29 is 14.7 Å². The maximum absolute atomic E-state index is 9.05. The summed E-state index contributed by atoms with van der Waals surface area (Å²) in [7, 11) is 0. The molecule has 1 aromatic rings. The van der Waals surface area contributed by atoms with Gasteiger partial charge in [-0.2, -0.15) is 0 Å². The van der Waals surface area contributed by atoms with Crippen LogP contribution in [0.3, 0.4) is 0 Å². The van der Waals surface area contributed by atoms with Crippen molar-refractivity contribution in [2.24, 2.45) is 5.16 Å². The van der Waals surface area contributed by atoms with Crippen LogP contribution >= 0.6 is 0 Å². The lowest BCUT2D eigenvalue weighted by Crippen LogP contribution is -2.12. The van der Waals surface area contributed by atoms with Gasteiger partial charge in [-0.15, -0.1) is 0 Å². The topological polar surface area (TPSA) is 51.0 Å². The van der Waals surface area contributed by atoms with E-state index in [4.69, 9.17) is 14.7 Å². The minimum atomic E-state index is -0.196. The van der Waals surface area contributed by atoms with Crippen LogP contribution in [-0.4, -0.2) is 30.1 Å². The fourth-order valence-electron chi connectivity index (χ4n) is 2.51. The molecule has 0 aliphatic carbocycles. The van der Waals surface area contributed by atoms with E-state index in [2.05, 4.69) is 12.1 Å². The third-order valence-corrected chi connectivity index (χ3v) is 3.89. The van der Waals surface area contributed by atoms with Crippen molar-refractivity contribution in [3.05, 3.63) is 29.8 Å². The van der Waals surface area contributed by atoms with E-state index in [1.54, 1.807) is 0 Å². The predicted octanol–water partition coefficient (Wildman–Crippen LogP) is 3.91. The quantitative estimate of drug-likeness (QED) is 0.667. The monoisotopic (exact) mass is 305 g/mol. The number of nitrogens with zero attached hydrogens (tertiary/aromatic N) is 1. The Labute approximate surface area is 133 Å². The van der Waals surface area contributed by atoms with E-state index in [0.717, 1.165) is 30.1 Å². The lowest BCUT2D eigenvalue weighted by Gasteiger charge is -2.07. The average molecular weight is 305 g/mol. The van der Waals surface area contributed by atoms with Gasteiger partial charge < -0.3 is 14.7 Å². The molecule has 122 valence electrons. The lowest BCUT2D eigenvalue weighted by molar-refractivity contribution is 0.0390. The molecular weight excluding hydrogens is 278 g/mol. The first kappa shape index (κ1) is 16.8. The van der Waals surface area contributed by atoms with Gasteiger partial charge in [0, 0.05) is 6.42 Å². The van der Waals surface area contributed by atoms with Gasteiger partial charge in [-0.05, 0) is 36.2 Å². The highest BCUT2D eigenvalue weighted by Crippen LogP contribution is 2.19. The number of unbranched alkanes of at least 4 members (excludes halogenated alkanes) is 5.